The van der Waals surface area contributed by atoms with Gasteiger partial charge in [0.1, 0.15) is 5.75 Å². The zero-order valence-corrected chi connectivity index (χ0v) is 11.7. The predicted molar refractivity (Wildman–Crippen MR) is 81.0 cm³/mol. The molecule has 1 aromatic heterocycles. The number of rotatable bonds is 3. The Labute approximate surface area is 123 Å². The van der Waals surface area contributed by atoms with Crippen molar-refractivity contribution in [1.82, 2.24) is 15.3 Å². The van der Waals surface area contributed by atoms with Gasteiger partial charge in [-0.15, -0.1) is 0 Å². The number of nitrogens with one attached hydrogen (secondary N) is 1. The van der Waals surface area contributed by atoms with Crippen molar-refractivity contribution in [2.75, 3.05) is 13.1 Å². The molecule has 0 unspecified atom stereocenters. The fraction of sp³-hybridized carbons (Fsp3) is 0.294. The van der Waals surface area contributed by atoms with Crippen molar-refractivity contribution < 1.29 is 4.74 Å². The molecule has 0 spiro atoms. The van der Waals surface area contributed by atoms with E-state index >= 15 is 0 Å². The monoisotopic (exact) mass is 279 g/mol. The van der Waals surface area contributed by atoms with Crippen molar-refractivity contribution in [1.29, 1.82) is 0 Å². The Morgan fingerprint density at radius 2 is 1.86 bits per heavy atom. The van der Waals surface area contributed by atoms with Crippen LogP contribution in [0.5, 0.6) is 11.8 Å². The fourth-order valence-electron chi connectivity index (χ4n) is 3.18. The maximum Gasteiger partial charge on any atom is 0.321 e. The van der Waals surface area contributed by atoms with E-state index in [9.17, 15) is 0 Å². The summed E-state index contributed by atoms with van der Waals surface area (Å²) in [7, 11) is 0. The Kier molecular flexibility index (Phi) is 3.16. The van der Waals surface area contributed by atoms with E-state index in [4.69, 9.17) is 4.74 Å². The molecule has 0 bridgehead atoms. The molecule has 1 saturated heterocycles. The van der Waals surface area contributed by atoms with Crippen molar-refractivity contribution in [2.24, 2.45) is 11.8 Å². The van der Waals surface area contributed by atoms with E-state index in [0.29, 0.717) is 11.9 Å². The lowest BCUT2D eigenvalue weighted by Crippen LogP contribution is -2.09. The van der Waals surface area contributed by atoms with Gasteiger partial charge in [-0.3, -0.25) is 0 Å². The Hall–Kier alpha value is -2.20. The molecule has 0 saturated carbocycles. The maximum atomic E-state index is 5.62. The van der Waals surface area contributed by atoms with Crippen LogP contribution in [0.4, 0.5) is 0 Å². The number of nitrogens with zero attached hydrogens (tertiary/aromatic N) is 2. The van der Waals surface area contributed by atoms with Gasteiger partial charge in [0.2, 0.25) is 0 Å². The third kappa shape index (κ3) is 2.54. The highest BCUT2D eigenvalue weighted by atomic mass is 16.5. The molecule has 106 valence electrons. The van der Waals surface area contributed by atoms with Crippen LogP contribution in [0.25, 0.3) is 5.57 Å². The van der Waals surface area contributed by atoms with Crippen LogP contribution in [0, 0.1) is 11.8 Å². The molecule has 1 N–H and O–H groups in total. The highest BCUT2D eigenvalue weighted by Gasteiger charge is 2.31. The molecule has 1 fully saturated rings. The predicted octanol–water partition coefficient (Wildman–Crippen LogP) is 2.89. The highest BCUT2D eigenvalue weighted by molar-refractivity contribution is 5.69. The third-order valence-electron chi connectivity index (χ3n) is 4.27. The summed E-state index contributed by atoms with van der Waals surface area (Å²) in [6.45, 7) is 2.28. The first-order valence-electron chi connectivity index (χ1n) is 7.35. The first-order chi connectivity index (χ1) is 10.4. The Bertz CT molecular complexity index is 651. The summed E-state index contributed by atoms with van der Waals surface area (Å²) in [4.78, 5) is 8.12. The smallest absolute Gasteiger partial charge is 0.321 e. The van der Waals surface area contributed by atoms with Crippen molar-refractivity contribution in [3.05, 3.63) is 54.4 Å². The summed E-state index contributed by atoms with van der Waals surface area (Å²) in [5.41, 5.74) is 2.76. The summed E-state index contributed by atoms with van der Waals surface area (Å²) >= 11 is 0. The average Bonchev–Trinajstić information content (AvgIpc) is 3.10. The van der Waals surface area contributed by atoms with Gasteiger partial charge in [-0.05, 0) is 54.1 Å². The molecule has 0 amide bonds. The number of fused-ring (bicyclic) bond motifs is 1. The number of hydrogen-bond donors (Lipinski definition) is 1. The van der Waals surface area contributed by atoms with Crippen LogP contribution in [0.2, 0.25) is 0 Å². The van der Waals surface area contributed by atoms with Crippen molar-refractivity contribution in [3.63, 3.8) is 0 Å². The number of aromatic nitrogens is 2. The quantitative estimate of drug-likeness (QED) is 0.938. The minimum absolute atomic E-state index is 0.380. The van der Waals surface area contributed by atoms with Crippen LogP contribution >= 0.6 is 0 Å². The highest BCUT2D eigenvalue weighted by Crippen LogP contribution is 2.38. The largest absolute Gasteiger partial charge is 0.424 e. The van der Waals surface area contributed by atoms with Gasteiger partial charge in [0, 0.05) is 18.9 Å². The lowest BCUT2D eigenvalue weighted by molar-refractivity contribution is 0.441. The molecule has 21 heavy (non-hydrogen) atoms. The molecule has 1 aromatic carbocycles. The second-order valence-electron chi connectivity index (χ2n) is 5.64. The number of benzene rings is 1. The molecular weight excluding hydrogens is 262 g/mol. The van der Waals surface area contributed by atoms with Gasteiger partial charge in [0.25, 0.3) is 0 Å². The number of hydrogen-bond acceptors (Lipinski definition) is 4. The SMILES string of the molecule is C1=C(c2ccc(Oc3ncccn3)cc2)C[C@@H]2CNC[C@H]12. The van der Waals surface area contributed by atoms with Crippen LogP contribution in [-0.2, 0) is 0 Å². The number of ether oxygens (including phenoxy) is 1. The standard InChI is InChI=1S/C17H17N3O/c1-6-19-17(20-7-1)21-16-4-2-12(3-5-16)13-8-14-10-18-11-15(14)9-13/h1-8,14-15,18H,9-11H2/t14-,15+/m0/s1. The molecular formula is C17H17N3O. The lowest BCUT2D eigenvalue weighted by Gasteiger charge is -2.08. The molecule has 2 aromatic rings. The molecule has 2 heterocycles. The number of allylic oxidation sites excluding steroid dienone is 1. The van der Waals surface area contributed by atoms with Crippen LogP contribution in [0.3, 0.4) is 0 Å². The minimum Gasteiger partial charge on any atom is -0.424 e. The molecule has 2 aliphatic rings. The fourth-order valence-corrected chi connectivity index (χ4v) is 3.18. The molecule has 1 aliphatic carbocycles. The Balaban J connectivity index is 1.49. The van der Waals surface area contributed by atoms with E-state index in [-0.39, 0.29) is 0 Å². The normalized spacial score (nSPS) is 23.7. The van der Waals surface area contributed by atoms with Crippen molar-refractivity contribution >= 4 is 5.57 Å². The van der Waals surface area contributed by atoms with Gasteiger partial charge in [-0.25, -0.2) is 9.97 Å². The lowest BCUT2D eigenvalue weighted by atomic mass is 9.98. The van der Waals surface area contributed by atoms with Crippen molar-refractivity contribution in [3.8, 4) is 11.8 Å². The molecule has 2 atom stereocenters. The van der Waals surface area contributed by atoms with E-state index in [2.05, 4.69) is 33.5 Å². The first-order valence-corrected chi connectivity index (χ1v) is 7.35. The molecule has 4 rings (SSSR count). The molecule has 4 nitrogen and oxygen atoms in total. The van der Waals surface area contributed by atoms with Gasteiger partial charge < -0.3 is 10.1 Å². The van der Waals surface area contributed by atoms with Crippen LogP contribution in [0.1, 0.15) is 12.0 Å². The zero-order valence-electron chi connectivity index (χ0n) is 11.7. The Morgan fingerprint density at radius 1 is 1.05 bits per heavy atom. The second kappa shape index (κ2) is 5.30. The molecule has 0 radical (unpaired) electrons. The first kappa shape index (κ1) is 12.5. The topological polar surface area (TPSA) is 47.0 Å². The summed E-state index contributed by atoms with van der Waals surface area (Å²) in [6.07, 6.45) is 6.96. The Morgan fingerprint density at radius 3 is 2.62 bits per heavy atom. The van der Waals surface area contributed by atoms with Gasteiger partial charge in [-0.1, -0.05) is 18.2 Å². The molecule has 4 heteroatoms. The summed E-state index contributed by atoms with van der Waals surface area (Å²) in [5.74, 6) is 2.27. The van der Waals surface area contributed by atoms with E-state index < -0.39 is 0 Å². The zero-order chi connectivity index (χ0) is 14.1. The minimum atomic E-state index is 0.380. The van der Waals surface area contributed by atoms with E-state index in [1.807, 2.05) is 12.1 Å². The molecule has 1 aliphatic heterocycles. The second-order valence-corrected chi connectivity index (χ2v) is 5.64. The van der Waals surface area contributed by atoms with Gasteiger partial charge in [0.15, 0.2) is 0 Å². The van der Waals surface area contributed by atoms with E-state index in [1.54, 1.807) is 18.5 Å². The van der Waals surface area contributed by atoms with Gasteiger partial charge in [-0.2, -0.15) is 0 Å². The maximum absolute atomic E-state index is 5.62. The summed E-state index contributed by atoms with van der Waals surface area (Å²) in [5, 5.41) is 3.45. The average molecular weight is 279 g/mol. The van der Waals surface area contributed by atoms with Gasteiger partial charge in [0.05, 0.1) is 0 Å². The van der Waals surface area contributed by atoms with E-state index in [0.717, 1.165) is 24.8 Å². The summed E-state index contributed by atoms with van der Waals surface area (Å²) in [6, 6.07) is 10.4. The third-order valence-corrected chi connectivity index (χ3v) is 4.27. The van der Waals surface area contributed by atoms with Crippen LogP contribution in [0.15, 0.2) is 48.8 Å². The van der Waals surface area contributed by atoms with Crippen LogP contribution < -0.4 is 10.1 Å². The van der Waals surface area contributed by atoms with Crippen molar-refractivity contribution in [2.45, 2.75) is 6.42 Å². The van der Waals surface area contributed by atoms with Crippen LogP contribution in [-0.4, -0.2) is 23.1 Å². The van der Waals surface area contributed by atoms with E-state index in [1.165, 1.54) is 17.6 Å². The summed E-state index contributed by atoms with van der Waals surface area (Å²) < 4.78 is 5.62. The van der Waals surface area contributed by atoms with Gasteiger partial charge >= 0.3 is 6.01 Å².